The van der Waals surface area contributed by atoms with E-state index in [-0.39, 0.29) is 5.82 Å². The van der Waals surface area contributed by atoms with E-state index in [2.05, 4.69) is 10.3 Å². The molecule has 0 aliphatic rings. The lowest BCUT2D eigenvalue weighted by molar-refractivity contribution is -0.192. The minimum absolute atomic E-state index is 0.280. The molecule has 106 valence electrons. The minimum Gasteiger partial charge on any atom is -0.475 e. The Morgan fingerprint density at radius 3 is 2.42 bits per heavy atom. The summed E-state index contributed by atoms with van der Waals surface area (Å²) in [7, 11) is 0. The van der Waals surface area contributed by atoms with Gasteiger partial charge in [-0.15, -0.1) is 0 Å². The first-order valence-corrected chi connectivity index (χ1v) is 5.44. The van der Waals surface area contributed by atoms with Crippen LogP contribution in [-0.4, -0.2) is 35.3 Å². The zero-order chi connectivity index (χ0) is 15.1. The predicted octanol–water partition coefficient (Wildman–Crippen LogP) is 0.601. The maximum Gasteiger partial charge on any atom is 0.490 e. The standard InChI is InChI=1S/C6H9N5S.C2HF3O2/c7-1-2-10-6-11-5(9)4(3-8)12-6;3-2(4,5)1(6)7/h1-2,7,9H2,(H,10,11);(H,6,7). The first kappa shape index (κ1) is 16.9. The van der Waals surface area contributed by atoms with Gasteiger partial charge >= 0.3 is 12.1 Å². The van der Waals surface area contributed by atoms with E-state index in [1.807, 2.05) is 6.07 Å². The first-order valence-electron chi connectivity index (χ1n) is 4.62. The first-order chi connectivity index (χ1) is 8.72. The van der Waals surface area contributed by atoms with E-state index in [0.717, 1.165) is 0 Å². The van der Waals surface area contributed by atoms with Crippen molar-refractivity contribution in [1.82, 2.24) is 4.98 Å². The monoisotopic (exact) mass is 297 g/mol. The van der Waals surface area contributed by atoms with E-state index in [0.29, 0.717) is 23.1 Å². The van der Waals surface area contributed by atoms with Crippen LogP contribution in [0, 0.1) is 11.3 Å². The van der Waals surface area contributed by atoms with Crippen LogP contribution in [0.25, 0.3) is 0 Å². The van der Waals surface area contributed by atoms with Crippen LogP contribution < -0.4 is 16.8 Å². The summed E-state index contributed by atoms with van der Waals surface area (Å²) in [4.78, 5) is 13.3. The molecule has 0 unspecified atom stereocenters. The van der Waals surface area contributed by atoms with Crippen molar-refractivity contribution in [2.75, 3.05) is 24.1 Å². The number of hydrogen-bond acceptors (Lipinski definition) is 7. The molecule has 0 saturated heterocycles. The smallest absolute Gasteiger partial charge is 0.475 e. The summed E-state index contributed by atoms with van der Waals surface area (Å²) >= 11 is 1.24. The number of nitrogens with two attached hydrogens (primary N) is 2. The van der Waals surface area contributed by atoms with Crippen LogP contribution in [0.1, 0.15) is 4.88 Å². The molecule has 19 heavy (non-hydrogen) atoms. The van der Waals surface area contributed by atoms with E-state index < -0.39 is 12.1 Å². The van der Waals surface area contributed by atoms with Crippen LogP contribution >= 0.6 is 11.3 Å². The Hall–Kier alpha value is -2.06. The average molecular weight is 297 g/mol. The molecular weight excluding hydrogens is 287 g/mol. The summed E-state index contributed by atoms with van der Waals surface area (Å²) in [5, 5.41) is 19.3. The summed E-state index contributed by atoms with van der Waals surface area (Å²) < 4.78 is 31.7. The van der Waals surface area contributed by atoms with Gasteiger partial charge in [0, 0.05) is 13.1 Å². The van der Waals surface area contributed by atoms with Crippen LogP contribution in [0.2, 0.25) is 0 Å². The molecule has 0 aliphatic carbocycles. The summed E-state index contributed by atoms with van der Waals surface area (Å²) in [5.41, 5.74) is 10.7. The van der Waals surface area contributed by atoms with E-state index >= 15 is 0 Å². The normalized spacial score (nSPS) is 10.1. The third-order valence-corrected chi connectivity index (χ3v) is 2.35. The highest BCUT2D eigenvalue weighted by molar-refractivity contribution is 7.16. The number of rotatable bonds is 3. The van der Waals surface area contributed by atoms with Gasteiger partial charge in [-0.1, -0.05) is 11.3 Å². The molecule has 0 amide bonds. The van der Waals surface area contributed by atoms with E-state index in [1.54, 1.807) is 0 Å². The Morgan fingerprint density at radius 1 is 1.58 bits per heavy atom. The van der Waals surface area contributed by atoms with Crippen molar-refractivity contribution in [3.05, 3.63) is 4.88 Å². The van der Waals surface area contributed by atoms with Gasteiger partial charge in [0.05, 0.1) is 0 Å². The zero-order valence-corrected chi connectivity index (χ0v) is 10.2. The Bertz CT molecular complexity index is 468. The molecule has 1 aromatic heterocycles. The minimum atomic E-state index is -5.08. The van der Waals surface area contributed by atoms with Crippen LogP contribution in [-0.2, 0) is 4.79 Å². The molecule has 0 radical (unpaired) electrons. The number of nitrogens with zero attached hydrogens (tertiary/aromatic N) is 2. The lowest BCUT2D eigenvalue weighted by Gasteiger charge is -1.95. The number of carboxylic acids is 1. The number of alkyl halides is 3. The van der Waals surface area contributed by atoms with Crippen LogP contribution in [0.15, 0.2) is 0 Å². The van der Waals surface area contributed by atoms with Crippen LogP contribution in [0.4, 0.5) is 24.1 Å². The lowest BCUT2D eigenvalue weighted by atomic mass is 10.5. The van der Waals surface area contributed by atoms with Gasteiger partial charge in [0.1, 0.15) is 10.9 Å². The lowest BCUT2D eigenvalue weighted by Crippen LogP contribution is -2.21. The number of hydrogen-bond donors (Lipinski definition) is 4. The number of aromatic nitrogens is 1. The predicted molar refractivity (Wildman–Crippen MR) is 62.5 cm³/mol. The maximum atomic E-state index is 10.6. The van der Waals surface area contributed by atoms with Crippen molar-refractivity contribution in [3.8, 4) is 6.07 Å². The Balaban J connectivity index is 0.000000399. The number of thiazole rings is 1. The number of anilines is 2. The van der Waals surface area contributed by atoms with Gasteiger partial charge in [-0.2, -0.15) is 18.4 Å². The SMILES string of the molecule is N#Cc1sc(NCCN)nc1N.O=C(O)C(F)(F)F. The quantitative estimate of drug-likeness (QED) is 0.640. The molecule has 1 heterocycles. The summed E-state index contributed by atoms with van der Waals surface area (Å²) in [5.74, 6) is -2.48. The van der Waals surface area contributed by atoms with Gasteiger partial charge in [-0.25, -0.2) is 9.78 Å². The largest absolute Gasteiger partial charge is 0.490 e. The molecule has 0 aromatic carbocycles. The van der Waals surface area contributed by atoms with Crippen molar-refractivity contribution in [1.29, 1.82) is 5.26 Å². The number of nitrogens with one attached hydrogen (secondary N) is 1. The number of nitriles is 1. The molecule has 6 N–H and O–H groups in total. The van der Waals surface area contributed by atoms with Gasteiger partial charge in [-0.05, 0) is 0 Å². The number of carboxylic acid groups (broad SMARTS) is 1. The van der Waals surface area contributed by atoms with Crippen molar-refractivity contribution < 1.29 is 23.1 Å². The highest BCUT2D eigenvalue weighted by Crippen LogP contribution is 2.23. The maximum absolute atomic E-state index is 10.6. The fourth-order valence-electron chi connectivity index (χ4n) is 0.667. The zero-order valence-electron chi connectivity index (χ0n) is 9.36. The molecule has 0 aliphatic heterocycles. The number of halogens is 3. The molecule has 11 heteroatoms. The molecule has 1 rings (SSSR count). The Morgan fingerprint density at radius 2 is 2.11 bits per heavy atom. The molecule has 1 aromatic rings. The molecule has 7 nitrogen and oxygen atoms in total. The average Bonchev–Trinajstić information content (AvgIpc) is 2.66. The van der Waals surface area contributed by atoms with Crippen LogP contribution in [0.5, 0.6) is 0 Å². The number of aliphatic carboxylic acids is 1. The Kier molecular flexibility index (Phi) is 6.59. The number of nitrogen functional groups attached to an aromatic ring is 1. The van der Waals surface area contributed by atoms with Gasteiger partial charge in [0.2, 0.25) is 0 Å². The Labute approximate surface area is 109 Å². The molecule has 0 bridgehead atoms. The van der Waals surface area contributed by atoms with Gasteiger partial charge < -0.3 is 21.9 Å². The topological polar surface area (TPSA) is 138 Å². The highest BCUT2D eigenvalue weighted by atomic mass is 32.1. The highest BCUT2D eigenvalue weighted by Gasteiger charge is 2.38. The van der Waals surface area contributed by atoms with E-state index in [9.17, 15) is 13.2 Å². The third-order valence-electron chi connectivity index (χ3n) is 1.42. The van der Waals surface area contributed by atoms with Crippen LogP contribution in [0.3, 0.4) is 0 Å². The fourth-order valence-corrected chi connectivity index (χ4v) is 1.37. The van der Waals surface area contributed by atoms with Crippen molar-refractivity contribution >= 4 is 28.3 Å². The molecular formula is C8H10F3N5O2S. The summed E-state index contributed by atoms with van der Waals surface area (Å²) in [6.45, 7) is 1.17. The van der Waals surface area contributed by atoms with E-state index in [4.69, 9.17) is 26.6 Å². The molecule has 0 atom stereocenters. The van der Waals surface area contributed by atoms with Gasteiger partial charge in [0.15, 0.2) is 10.9 Å². The second kappa shape index (κ2) is 7.39. The second-order valence-corrected chi connectivity index (χ2v) is 3.86. The van der Waals surface area contributed by atoms with Crippen molar-refractivity contribution in [3.63, 3.8) is 0 Å². The third kappa shape index (κ3) is 6.43. The van der Waals surface area contributed by atoms with Gasteiger partial charge in [-0.3, -0.25) is 0 Å². The molecule has 0 saturated carbocycles. The summed E-state index contributed by atoms with van der Waals surface area (Å²) in [6, 6.07) is 1.95. The summed E-state index contributed by atoms with van der Waals surface area (Å²) in [6.07, 6.45) is -5.08. The van der Waals surface area contributed by atoms with Crippen molar-refractivity contribution in [2.45, 2.75) is 6.18 Å². The van der Waals surface area contributed by atoms with Crippen molar-refractivity contribution in [2.24, 2.45) is 5.73 Å². The molecule has 0 fully saturated rings. The second-order valence-electron chi connectivity index (χ2n) is 2.86. The van der Waals surface area contributed by atoms with E-state index in [1.165, 1.54) is 11.3 Å². The molecule has 0 spiro atoms. The van der Waals surface area contributed by atoms with Gasteiger partial charge in [0.25, 0.3) is 0 Å². The fraction of sp³-hybridized carbons (Fsp3) is 0.375. The number of carbonyl (C=O) groups is 1.